The normalized spacial score (nSPS) is 16.1. The number of aryl methyl sites for hydroxylation is 2. The standard InChI is InChI=1S/C23H31N5O3/c1-5-6-7-17-8-10-18(11-9-17)27-14-16(2)15-28-19-20(24-22(27)28)25(3)23(30)26(21(19)29)12-13-31-4/h8-11,16H,5-7,12-15H2,1-4H3/t16-/m0/s1. The molecule has 3 aromatic rings. The molecule has 0 spiro atoms. The maximum atomic E-state index is 13.3. The van der Waals surface area contributed by atoms with E-state index in [9.17, 15) is 9.59 Å². The Bertz CT molecular complexity index is 1190. The Morgan fingerprint density at radius 1 is 1.16 bits per heavy atom. The molecule has 1 atom stereocenters. The van der Waals surface area contributed by atoms with E-state index in [1.54, 1.807) is 14.2 Å². The summed E-state index contributed by atoms with van der Waals surface area (Å²) in [7, 11) is 3.23. The molecule has 0 unspecified atom stereocenters. The van der Waals surface area contributed by atoms with Crippen molar-refractivity contribution in [3.63, 3.8) is 0 Å². The number of hydrogen-bond donors (Lipinski definition) is 0. The van der Waals surface area contributed by atoms with Crippen molar-refractivity contribution in [3.8, 4) is 0 Å². The van der Waals surface area contributed by atoms with E-state index in [0.717, 1.165) is 18.7 Å². The highest BCUT2D eigenvalue weighted by molar-refractivity contribution is 5.77. The van der Waals surface area contributed by atoms with Crippen LogP contribution in [0.5, 0.6) is 0 Å². The Morgan fingerprint density at radius 2 is 1.90 bits per heavy atom. The van der Waals surface area contributed by atoms with Crippen LogP contribution in [0.1, 0.15) is 32.3 Å². The number of anilines is 2. The Labute approximate surface area is 181 Å². The summed E-state index contributed by atoms with van der Waals surface area (Å²) in [5, 5.41) is 0. The first-order valence-corrected chi connectivity index (χ1v) is 11.0. The molecule has 31 heavy (non-hydrogen) atoms. The maximum Gasteiger partial charge on any atom is 0.332 e. The first kappa shape index (κ1) is 21.4. The van der Waals surface area contributed by atoms with Gasteiger partial charge in [-0.25, -0.2) is 4.79 Å². The van der Waals surface area contributed by atoms with Gasteiger partial charge < -0.3 is 14.2 Å². The maximum absolute atomic E-state index is 13.3. The van der Waals surface area contributed by atoms with Gasteiger partial charge in [0, 0.05) is 32.9 Å². The molecule has 1 aliphatic heterocycles. The number of methoxy groups -OCH3 is 1. The molecule has 3 heterocycles. The molecule has 2 aromatic heterocycles. The minimum absolute atomic E-state index is 0.219. The van der Waals surface area contributed by atoms with Gasteiger partial charge in [-0.1, -0.05) is 32.4 Å². The van der Waals surface area contributed by atoms with Crippen molar-refractivity contribution in [1.82, 2.24) is 18.7 Å². The smallest absolute Gasteiger partial charge is 0.332 e. The predicted octanol–water partition coefficient (Wildman–Crippen LogP) is 2.67. The number of benzene rings is 1. The molecule has 4 rings (SSSR count). The number of aromatic nitrogens is 4. The van der Waals surface area contributed by atoms with Gasteiger partial charge in [0.15, 0.2) is 11.2 Å². The van der Waals surface area contributed by atoms with Crippen molar-refractivity contribution < 1.29 is 4.74 Å². The van der Waals surface area contributed by atoms with E-state index in [2.05, 4.69) is 43.0 Å². The zero-order chi connectivity index (χ0) is 22.1. The van der Waals surface area contributed by atoms with Gasteiger partial charge >= 0.3 is 5.69 Å². The molecule has 0 aliphatic carbocycles. The molecule has 0 bridgehead atoms. The van der Waals surface area contributed by atoms with Crippen molar-refractivity contribution in [1.29, 1.82) is 0 Å². The lowest BCUT2D eigenvalue weighted by Gasteiger charge is -2.33. The highest BCUT2D eigenvalue weighted by atomic mass is 16.5. The molecular formula is C23H31N5O3. The summed E-state index contributed by atoms with van der Waals surface area (Å²) < 4.78 is 9.77. The van der Waals surface area contributed by atoms with Crippen molar-refractivity contribution in [2.24, 2.45) is 13.0 Å². The fourth-order valence-corrected chi connectivity index (χ4v) is 4.33. The minimum Gasteiger partial charge on any atom is -0.383 e. The lowest BCUT2D eigenvalue weighted by atomic mass is 10.1. The van der Waals surface area contributed by atoms with Gasteiger partial charge in [-0.2, -0.15) is 4.98 Å². The third-order valence-corrected chi connectivity index (χ3v) is 6.03. The van der Waals surface area contributed by atoms with Gasteiger partial charge in [0.1, 0.15) is 0 Å². The summed E-state index contributed by atoms with van der Waals surface area (Å²) in [5.41, 5.74) is 2.60. The Balaban J connectivity index is 1.83. The molecule has 0 saturated heterocycles. The Hall–Kier alpha value is -2.87. The van der Waals surface area contributed by atoms with Gasteiger partial charge in [0.2, 0.25) is 5.95 Å². The second kappa shape index (κ2) is 8.70. The number of nitrogens with zero attached hydrogens (tertiary/aromatic N) is 5. The minimum atomic E-state index is -0.370. The van der Waals surface area contributed by atoms with E-state index in [0.29, 0.717) is 36.2 Å². The second-order valence-electron chi connectivity index (χ2n) is 8.47. The number of fused-ring (bicyclic) bond motifs is 3. The molecular weight excluding hydrogens is 394 g/mol. The van der Waals surface area contributed by atoms with E-state index in [4.69, 9.17) is 9.72 Å². The second-order valence-corrected chi connectivity index (χ2v) is 8.47. The number of hydrogen-bond acceptors (Lipinski definition) is 5. The molecule has 0 fully saturated rings. The predicted molar refractivity (Wildman–Crippen MR) is 122 cm³/mol. The zero-order valence-corrected chi connectivity index (χ0v) is 18.8. The summed E-state index contributed by atoms with van der Waals surface area (Å²) in [4.78, 5) is 32.9. The van der Waals surface area contributed by atoms with E-state index in [-0.39, 0.29) is 17.8 Å². The van der Waals surface area contributed by atoms with Crippen molar-refractivity contribution in [2.75, 3.05) is 25.2 Å². The summed E-state index contributed by atoms with van der Waals surface area (Å²) in [6.45, 7) is 6.39. The quantitative estimate of drug-likeness (QED) is 0.582. The van der Waals surface area contributed by atoms with Crippen LogP contribution in [-0.4, -0.2) is 38.9 Å². The van der Waals surface area contributed by atoms with E-state index >= 15 is 0 Å². The zero-order valence-electron chi connectivity index (χ0n) is 18.8. The van der Waals surface area contributed by atoms with Crippen LogP contribution in [0.2, 0.25) is 0 Å². The van der Waals surface area contributed by atoms with Crippen LogP contribution in [0, 0.1) is 5.92 Å². The Morgan fingerprint density at radius 3 is 2.58 bits per heavy atom. The summed E-state index contributed by atoms with van der Waals surface area (Å²) >= 11 is 0. The van der Waals surface area contributed by atoms with Crippen molar-refractivity contribution >= 4 is 22.8 Å². The van der Waals surface area contributed by atoms with E-state index in [1.165, 1.54) is 27.5 Å². The molecule has 8 heteroatoms. The molecule has 0 amide bonds. The first-order chi connectivity index (χ1) is 15.0. The average Bonchev–Trinajstić information content (AvgIpc) is 3.15. The van der Waals surface area contributed by atoms with Crippen molar-refractivity contribution in [3.05, 3.63) is 50.7 Å². The third kappa shape index (κ3) is 3.80. The molecule has 0 radical (unpaired) electrons. The van der Waals surface area contributed by atoms with Gasteiger partial charge in [0.05, 0.1) is 13.2 Å². The molecule has 1 aromatic carbocycles. The van der Waals surface area contributed by atoms with Crippen LogP contribution in [0.15, 0.2) is 33.9 Å². The average molecular weight is 426 g/mol. The summed E-state index contributed by atoms with van der Waals surface area (Å²) in [6.07, 6.45) is 3.43. The van der Waals surface area contributed by atoms with Crippen LogP contribution >= 0.6 is 0 Å². The molecule has 0 N–H and O–H groups in total. The van der Waals surface area contributed by atoms with Crippen LogP contribution in [-0.2, 0) is 31.3 Å². The van der Waals surface area contributed by atoms with Crippen LogP contribution in [0.4, 0.5) is 11.6 Å². The van der Waals surface area contributed by atoms with E-state index < -0.39 is 0 Å². The summed E-state index contributed by atoms with van der Waals surface area (Å²) in [6, 6.07) is 8.60. The number of ether oxygens (including phenoxy) is 1. The number of rotatable bonds is 7. The molecule has 8 nitrogen and oxygen atoms in total. The number of unbranched alkanes of at least 4 members (excludes halogenated alkanes) is 1. The van der Waals surface area contributed by atoms with Crippen molar-refractivity contribution in [2.45, 2.75) is 46.2 Å². The van der Waals surface area contributed by atoms with Gasteiger partial charge in [-0.15, -0.1) is 0 Å². The summed E-state index contributed by atoms with van der Waals surface area (Å²) in [5.74, 6) is 1.04. The SMILES string of the molecule is CCCCc1ccc(N2C[C@H](C)Cn3c2nc2c3c(=O)n(CCOC)c(=O)n2C)cc1. The Kier molecular flexibility index (Phi) is 6.00. The van der Waals surface area contributed by atoms with Gasteiger partial charge in [0.25, 0.3) is 5.56 Å². The molecule has 0 saturated carbocycles. The topological polar surface area (TPSA) is 74.3 Å². The third-order valence-electron chi connectivity index (χ3n) is 6.03. The van der Waals surface area contributed by atoms with Gasteiger partial charge in [-0.3, -0.25) is 13.9 Å². The monoisotopic (exact) mass is 425 g/mol. The van der Waals surface area contributed by atoms with Crippen LogP contribution < -0.4 is 16.1 Å². The fraction of sp³-hybridized carbons (Fsp3) is 0.522. The lowest BCUT2D eigenvalue weighted by Crippen LogP contribution is -2.41. The van der Waals surface area contributed by atoms with Gasteiger partial charge in [-0.05, 0) is 36.5 Å². The highest BCUT2D eigenvalue weighted by Gasteiger charge is 2.29. The van der Waals surface area contributed by atoms with Crippen LogP contribution in [0.25, 0.3) is 11.2 Å². The first-order valence-electron chi connectivity index (χ1n) is 11.0. The lowest BCUT2D eigenvalue weighted by molar-refractivity contribution is 0.184. The molecule has 166 valence electrons. The van der Waals surface area contributed by atoms with Crippen LogP contribution in [0.3, 0.4) is 0 Å². The number of imidazole rings is 1. The fourth-order valence-electron chi connectivity index (χ4n) is 4.33. The van der Waals surface area contributed by atoms with E-state index in [1.807, 2.05) is 4.57 Å². The highest BCUT2D eigenvalue weighted by Crippen LogP contribution is 2.33. The largest absolute Gasteiger partial charge is 0.383 e. The molecule has 1 aliphatic rings.